The van der Waals surface area contributed by atoms with E-state index in [1.54, 1.807) is 0 Å². The number of benzene rings is 1. The number of carbonyl (C=O) groups is 1. The van der Waals surface area contributed by atoms with Crippen molar-refractivity contribution in [2.24, 2.45) is 0 Å². The first-order valence-corrected chi connectivity index (χ1v) is 6.64. The van der Waals surface area contributed by atoms with E-state index in [1.165, 1.54) is 17.8 Å². The highest BCUT2D eigenvalue weighted by Gasteiger charge is 2.24. The molecule has 0 saturated heterocycles. The number of fused-ring (bicyclic) bond motifs is 1. The number of aromatic nitrogens is 1. The van der Waals surface area contributed by atoms with Crippen LogP contribution in [0.3, 0.4) is 0 Å². The zero-order chi connectivity index (χ0) is 13.9. The molecular formula is C16H14FNO2. The molecule has 0 spiro atoms. The standard InChI is InChI=1S/C16H14FNO2/c17-14-10-18-9-8-13(14)16(19)20-15-7-3-5-11-4-1-2-6-12(11)15/h1-2,4,6,8-10,15H,3,5,7H2. The fourth-order valence-corrected chi connectivity index (χ4v) is 2.57. The summed E-state index contributed by atoms with van der Waals surface area (Å²) in [6, 6.07) is 9.26. The maximum atomic E-state index is 13.5. The second-order valence-electron chi connectivity index (χ2n) is 4.84. The lowest BCUT2D eigenvalue weighted by molar-refractivity contribution is 0.0251. The highest BCUT2D eigenvalue weighted by molar-refractivity contribution is 5.89. The summed E-state index contributed by atoms with van der Waals surface area (Å²) < 4.78 is 19.0. The summed E-state index contributed by atoms with van der Waals surface area (Å²) in [6.07, 6.45) is 4.84. The number of hydrogen-bond acceptors (Lipinski definition) is 3. The number of esters is 1. The van der Waals surface area contributed by atoms with Gasteiger partial charge in [0.15, 0.2) is 5.82 Å². The SMILES string of the molecule is O=C(OC1CCCc2ccccc21)c1ccncc1F. The molecule has 1 unspecified atom stereocenters. The van der Waals surface area contributed by atoms with Gasteiger partial charge in [-0.05, 0) is 36.5 Å². The van der Waals surface area contributed by atoms with Crippen molar-refractivity contribution in [3.05, 3.63) is 65.2 Å². The minimum Gasteiger partial charge on any atom is -0.454 e. The van der Waals surface area contributed by atoms with Crippen LogP contribution < -0.4 is 0 Å². The van der Waals surface area contributed by atoms with Crippen molar-refractivity contribution in [3.63, 3.8) is 0 Å². The van der Waals surface area contributed by atoms with Crippen LogP contribution >= 0.6 is 0 Å². The van der Waals surface area contributed by atoms with Crippen LogP contribution in [0.5, 0.6) is 0 Å². The quantitative estimate of drug-likeness (QED) is 0.785. The molecule has 0 N–H and O–H groups in total. The number of carbonyl (C=O) groups excluding carboxylic acids is 1. The second kappa shape index (κ2) is 5.41. The Balaban J connectivity index is 1.83. The Morgan fingerprint density at radius 3 is 3.00 bits per heavy atom. The molecule has 1 aliphatic carbocycles. The lowest BCUT2D eigenvalue weighted by Gasteiger charge is -2.25. The van der Waals surface area contributed by atoms with Gasteiger partial charge in [-0.15, -0.1) is 0 Å². The Labute approximate surface area is 116 Å². The number of aryl methyl sites for hydroxylation is 1. The van der Waals surface area contributed by atoms with Gasteiger partial charge in [-0.3, -0.25) is 4.98 Å². The summed E-state index contributed by atoms with van der Waals surface area (Å²) in [5.41, 5.74) is 2.16. The highest BCUT2D eigenvalue weighted by atomic mass is 19.1. The van der Waals surface area contributed by atoms with E-state index < -0.39 is 11.8 Å². The van der Waals surface area contributed by atoms with Gasteiger partial charge in [0.1, 0.15) is 6.10 Å². The van der Waals surface area contributed by atoms with Crippen LogP contribution in [0.2, 0.25) is 0 Å². The number of hydrogen-bond donors (Lipinski definition) is 0. The Hall–Kier alpha value is -2.23. The predicted octanol–water partition coefficient (Wildman–Crippen LogP) is 3.46. The zero-order valence-electron chi connectivity index (χ0n) is 10.9. The molecule has 0 aliphatic heterocycles. The maximum Gasteiger partial charge on any atom is 0.341 e. The van der Waals surface area contributed by atoms with Crippen LogP contribution in [-0.2, 0) is 11.2 Å². The van der Waals surface area contributed by atoms with Crippen LogP contribution in [0.25, 0.3) is 0 Å². The molecule has 1 atom stereocenters. The van der Waals surface area contributed by atoms with Crippen molar-refractivity contribution in [2.45, 2.75) is 25.4 Å². The van der Waals surface area contributed by atoms with Gasteiger partial charge in [0.05, 0.1) is 11.8 Å². The Bertz CT molecular complexity index is 642. The first-order chi connectivity index (χ1) is 9.75. The molecule has 0 amide bonds. The third-order valence-corrected chi connectivity index (χ3v) is 3.56. The molecule has 102 valence electrons. The molecular weight excluding hydrogens is 257 g/mol. The van der Waals surface area contributed by atoms with E-state index in [0.717, 1.165) is 31.0 Å². The number of halogens is 1. The lowest BCUT2D eigenvalue weighted by Crippen LogP contribution is -2.17. The van der Waals surface area contributed by atoms with Crippen LogP contribution in [0.15, 0.2) is 42.7 Å². The number of nitrogens with zero attached hydrogens (tertiary/aromatic N) is 1. The average Bonchev–Trinajstić information content (AvgIpc) is 2.48. The van der Waals surface area contributed by atoms with Crippen LogP contribution in [0.4, 0.5) is 4.39 Å². The minimum atomic E-state index is -0.651. The molecule has 1 aromatic heterocycles. The van der Waals surface area contributed by atoms with Gasteiger partial charge in [-0.2, -0.15) is 0 Å². The van der Waals surface area contributed by atoms with Gasteiger partial charge < -0.3 is 4.74 Å². The first-order valence-electron chi connectivity index (χ1n) is 6.64. The second-order valence-corrected chi connectivity index (χ2v) is 4.84. The Morgan fingerprint density at radius 1 is 1.30 bits per heavy atom. The topological polar surface area (TPSA) is 39.2 Å². The predicted molar refractivity (Wildman–Crippen MR) is 71.7 cm³/mol. The van der Waals surface area contributed by atoms with Crippen molar-refractivity contribution in [2.75, 3.05) is 0 Å². The molecule has 1 heterocycles. The van der Waals surface area contributed by atoms with Crippen molar-refractivity contribution in [1.82, 2.24) is 4.98 Å². The lowest BCUT2D eigenvalue weighted by atomic mass is 9.89. The van der Waals surface area contributed by atoms with E-state index in [1.807, 2.05) is 24.3 Å². The van der Waals surface area contributed by atoms with Gasteiger partial charge in [-0.1, -0.05) is 24.3 Å². The Morgan fingerprint density at radius 2 is 2.15 bits per heavy atom. The molecule has 4 heteroatoms. The summed E-state index contributed by atoms with van der Waals surface area (Å²) in [6.45, 7) is 0. The number of pyridine rings is 1. The summed E-state index contributed by atoms with van der Waals surface area (Å²) in [5.74, 6) is -1.28. The molecule has 3 nitrogen and oxygen atoms in total. The maximum absolute atomic E-state index is 13.5. The van der Waals surface area contributed by atoms with E-state index >= 15 is 0 Å². The van der Waals surface area contributed by atoms with Crippen LogP contribution in [0, 0.1) is 5.82 Å². The fourth-order valence-electron chi connectivity index (χ4n) is 2.57. The summed E-state index contributed by atoms with van der Waals surface area (Å²) in [7, 11) is 0. The van der Waals surface area contributed by atoms with E-state index in [4.69, 9.17) is 4.74 Å². The molecule has 0 bridgehead atoms. The van der Waals surface area contributed by atoms with Crippen LogP contribution in [-0.4, -0.2) is 11.0 Å². The van der Waals surface area contributed by atoms with Crippen molar-refractivity contribution in [1.29, 1.82) is 0 Å². The normalized spacial score (nSPS) is 17.4. The molecule has 0 saturated carbocycles. The fraction of sp³-hybridized carbons (Fsp3) is 0.250. The molecule has 1 aromatic carbocycles. The Kier molecular flexibility index (Phi) is 3.46. The van der Waals surface area contributed by atoms with E-state index in [-0.39, 0.29) is 11.7 Å². The summed E-state index contributed by atoms with van der Waals surface area (Å²) in [4.78, 5) is 15.7. The van der Waals surface area contributed by atoms with Crippen molar-refractivity contribution >= 4 is 5.97 Å². The van der Waals surface area contributed by atoms with Gasteiger partial charge in [-0.25, -0.2) is 9.18 Å². The van der Waals surface area contributed by atoms with Gasteiger partial charge in [0.25, 0.3) is 0 Å². The van der Waals surface area contributed by atoms with Crippen molar-refractivity contribution < 1.29 is 13.9 Å². The van der Waals surface area contributed by atoms with Gasteiger partial charge in [0.2, 0.25) is 0 Å². The summed E-state index contributed by atoms with van der Waals surface area (Å²) >= 11 is 0. The zero-order valence-corrected chi connectivity index (χ0v) is 10.9. The monoisotopic (exact) mass is 271 g/mol. The number of ether oxygens (including phenoxy) is 1. The molecule has 1 aliphatic rings. The third kappa shape index (κ3) is 2.41. The highest BCUT2D eigenvalue weighted by Crippen LogP contribution is 2.33. The van der Waals surface area contributed by atoms with E-state index in [0.29, 0.717) is 0 Å². The summed E-state index contributed by atoms with van der Waals surface area (Å²) in [5, 5.41) is 0. The van der Waals surface area contributed by atoms with Crippen LogP contribution in [0.1, 0.15) is 40.4 Å². The largest absolute Gasteiger partial charge is 0.454 e. The molecule has 20 heavy (non-hydrogen) atoms. The third-order valence-electron chi connectivity index (χ3n) is 3.56. The van der Waals surface area contributed by atoms with E-state index in [9.17, 15) is 9.18 Å². The van der Waals surface area contributed by atoms with Gasteiger partial charge in [0, 0.05) is 6.20 Å². The first kappa shape index (κ1) is 12.8. The molecule has 0 radical (unpaired) electrons. The average molecular weight is 271 g/mol. The van der Waals surface area contributed by atoms with Crippen molar-refractivity contribution in [3.8, 4) is 0 Å². The smallest absolute Gasteiger partial charge is 0.341 e. The molecule has 0 fully saturated rings. The number of rotatable bonds is 2. The van der Waals surface area contributed by atoms with E-state index in [2.05, 4.69) is 4.98 Å². The molecule has 2 aromatic rings. The minimum absolute atomic E-state index is 0.0666. The molecule has 3 rings (SSSR count). The van der Waals surface area contributed by atoms with Gasteiger partial charge >= 0.3 is 5.97 Å².